The largest absolute Gasteiger partial charge is 2.00 e. The number of phenolic OH excluding ortho intramolecular Hbond substituents is 2. The molecule has 41 heavy (non-hydrogen) atoms. The number of carboxylic acid groups (broad SMARTS) is 2. The van der Waals surface area contributed by atoms with Gasteiger partial charge in [-0.05, 0) is 78.3 Å². The van der Waals surface area contributed by atoms with Crippen molar-refractivity contribution in [3.8, 4) is 11.5 Å². The van der Waals surface area contributed by atoms with Gasteiger partial charge in [-0.1, -0.05) is 59.7 Å². The summed E-state index contributed by atoms with van der Waals surface area (Å²) in [6.45, 7) is 14.8. The van der Waals surface area contributed by atoms with Crippen molar-refractivity contribution >= 4 is 35.7 Å². The number of aliphatic imine (C=N–C) groups is 2. The first kappa shape index (κ1) is 37.0. The minimum Gasteiger partial charge on any atom is -0.550 e. The third-order valence-corrected chi connectivity index (χ3v) is 5.32. The first-order valence-electron chi connectivity index (χ1n) is 12.6. The molecule has 0 heterocycles. The summed E-state index contributed by atoms with van der Waals surface area (Å²) in [6, 6.07) is 18.7. The monoisotopic (exact) mass is 605 g/mol. The van der Waals surface area contributed by atoms with Crippen LogP contribution in [0.2, 0.25) is 0 Å². The molecule has 2 N–H and O–H groups in total. The molecule has 0 saturated heterocycles. The molecule has 221 valence electrons. The number of aromatic hydroxyl groups is 2. The third kappa shape index (κ3) is 14.3. The molecule has 3 aromatic rings. The Labute approximate surface area is 252 Å². The van der Waals surface area contributed by atoms with Crippen LogP contribution in [0.25, 0.3) is 0 Å². The molecule has 8 nitrogen and oxygen atoms in total. The Morgan fingerprint density at radius 2 is 0.976 bits per heavy atom. The van der Waals surface area contributed by atoms with E-state index in [-0.39, 0.29) is 39.1 Å². The molecule has 0 aliphatic carbocycles. The van der Waals surface area contributed by atoms with E-state index in [4.69, 9.17) is 19.8 Å². The number of benzene rings is 3. The van der Waals surface area contributed by atoms with Crippen molar-refractivity contribution in [1.29, 1.82) is 0 Å². The minimum atomic E-state index is -1.08. The van der Waals surface area contributed by atoms with Crippen molar-refractivity contribution in [1.82, 2.24) is 0 Å². The molecule has 0 aliphatic rings. The van der Waals surface area contributed by atoms with E-state index >= 15 is 0 Å². The van der Waals surface area contributed by atoms with Crippen molar-refractivity contribution < 1.29 is 46.8 Å². The number of phenols is 2. The molecule has 0 atom stereocenters. The predicted molar refractivity (Wildman–Crippen MR) is 156 cm³/mol. The average molecular weight is 606 g/mol. The normalized spacial score (nSPS) is 11.1. The van der Waals surface area contributed by atoms with Gasteiger partial charge in [-0.15, -0.1) is 0 Å². The van der Waals surface area contributed by atoms with Gasteiger partial charge in [0.1, 0.15) is 11.5 Å². The van der Waals surface area contributed by atoms with Crippen LogP contribution in [0.4, 0.5) is 11.4 Å². The molecule has 0 aromatic heterocycles. The Morgan fingerprint density at radius 3 is 1.27 bits per heavy atom. The maximum atomic E-state index is 10.2. The van der Waals surface area contributed by atoms with Crippen molar-refractivity contribution in [3.05, 3.63) is 82.9 Å². The molecule has 0 fully saturated rings. The Morgan fingerprint density at radius 1 is 0.659 bits per heavy atom. The van der Waals surface area contributed by atoms with Crippen molar-refractivity contribution in [3.63, 3.8) is 0 Å². The quantitative estimate of drug-likeness (QED) is 0.412. The van der Waals surface area contributed by atoms with Gasteiger partial charge in [-0.25, -0.2) is 0 Å². The summed E-state index contributed by atoms with van der Waals surface area (Å²) in [5.74, 6) is -1.77. The molecular weight excluding hydrogens is 567 g/mol. The Hall–Kier alpha value is -3.95. The number of carbonyl (C=O) groups is 2. The average Bonchev–Trinajstić information content (AvgIpc) is 2.81. The number of carbonyl (C=O) groups excluding carboxylic acids is 2. The SMILES string of the molecule is CC(=O)[O-].CC(=O)[O-].CC(C)(C)c1ccc(O)c(C=Nc2cccc(N=Cc3cc(C(C)(C)C)ccc3O)c2)c1.[Co+2]. The van der Waals surface area contributed by atoms with Gasteiger partial charge in [-0.2, -0.15) is 0 Å². The van der Waals surface area contributed by atoms with Crippen LogP contribution in [0.15, 0.2) is 70.6 Å². The van der Waals surface area contributed by atoms with E-state index in [0.29, 0.717) is 11.1 Å². The van der Waals surface area contributed by atoms with E-state index in [1.54, 1.807) is 24.6 Å². The van der Waals surface area contributed by atoms with E-state index in [1.807, 2.05) is 48.5 Å². The summed E-state index contributed by atoms with van der Waals surface area (Å²) in [7, 11) is 0. The summed E-state index contributed by atoms with van der Waals surface area (Å²) in [5.41, 5.74) is 5.05. The number of hydrogen-bond acceptors (Lipinski definition) is 8. The second-order valence-corrected chi connectivity index (χ2v) is 11.1. The zero-order chi connectivity index (χ0) is 30.7. The van der Waals surface area contributed by atoms with Crippen LogP contribution in [0.5, 0.6) is 11.5 Å². The second kappa shape index (κ2) is 16.3. The van der Waals surface area contributed by atoms with E-state index in [0.717, 1.165) is 36.3 Å². The van der Waals surface area contributed by atoms with Gasteiger partial charge in [0.2, 0.25) is 0 Å². The van der Waals surface area contributed by atoms with E-state index in [2.05, 4.69) is 51.5 Å². The number of rotatable bonds is 4. The molecule has 0 amide bonds. The summed E-state index contributed by atoms with van der Waals surface area (Å²) < 4.78 is 0. The molecule has 0 spiro atoms. The molecule has 3 aromatic carbocycles. The molecule has 9 heteroatoms. The van der Waals surface area contributed by atoms with Gasteiger partial charge in [-0.3, -0.25) is 9.98 Å². The van der Waals surface area contributed by atoms with Crippen LogP contribution in [0.1, 0.15) is 77.6 Å². The molecule has 1 radical (unpaired) electrons. The van der Waals surface area contributed by atoms with Gasteiger partial charge in [0.15, 0.2) is 0 Å². The predicted octanol–water partition coefficient (Wildman–Crippen LogP) is 4.70. The van der Waals surface area contributed by atoms with E-state index in [1.165, 1.54) is 0 Å². The van der Waals surface area contributed by atoms with Crippen molar-refractivity contribution in [2.45, 2.75) is 66.2 Å². The van der Waals surface area contributed by atoms with Gasteiger partial charge >= 0.3 is 16.8 Å². The van der Waals surface area contributed by atoms with Crippen molar-refractivity contribution in [2.75, 3.05) is 0 Å². The Bertz CT molecular complexity index is 1260. The summed E-state index contributed by atoms with van der Waals surface area (Å²) in [6.07, 6.45) is 3.35. The molecular formula is C32H38CoN2O6. The number of nitrogens with zero attached hydrogens (tertiary/aromatic N) is 2. The first-order chi connectivity index (χ1) is 18.4. The summed E-state index contributed by atoms with van der Waals surface area (Å²) >= 11 is 0. The van der Waals surface area contributed by atoms with Crippen LogP contribution in [0.3, 0.4) is 0 Å². The maximum absolute atomic E-state index is 10.2. The standard InChI is InChI=1S/C28H32N2O2.2C2H4O2.Co/c1-27(2,3)21-10-12-25(31)19(14-21)17-29-23-8-7-9-24(16-23)30-18-20-15-22(28(4,5)6)11-13-26(20)32;2*1-2(3)4;/h7-18,31-32H,1-6H3;2*1H3,(H,3,4);/q;;;+2/p-2. The zero-order valence-electron chi connectivity index (χ0n) is 24.7. The fourth-order valence-electron chi connectivity index (χ4n) is 3.19. The van der Waals surface area contributed by atoms with E-state index in [9.17, 15) is 10.2 Å². The number of hydrogen-bond donors (Lipinski definition) is 2. The van der Waals surface area contributed by atoms with Crippen molar-refractivity contribution in [2.24, 2.45) is 9.98 Å². The van der Waals surface area contributed by atoms with Crippen LogP contribution >= 0.6 is 0 Å². The molecule has 0 saturated carbocycles. The Kier molecular flexibility index (Phi) is 14.8. The topological polar surface area (TPSA) is 145 Å². The Balaban J connectivity index is 0.00000158. The molecule has 0 unspecified atom stereocenters. The van der Waals surface area contributed by atoms with Crippen LogP contribution in [-0.2, 0) is 37.2 Å². The van der Waals surface area contributed by atoms with Gasteiger partial charge in [0.25, 0.3) is 0 Å². The fraction of sp³-hybridized carbons (Fsp3) is 0.312. The zero-order valence-corrected chi connectivity index (χ0v) is 25.7. The number of carboxylic acids is 2. The summed E-state index contributed by atoms with van der Waals surface area (Å²) in [4.78, 5) is 26.8. The summed E-state index contributed by atoms with van der Waals surface area (Å²) in [5, 5.41) is 38.2. The van der Waals surface area contributed by atoms with Crippen LogP contribution in [-0.4, -0.2) is 34.6 Å². The number of aliphatic carboxylic acids is 2. The van der Waals surface area contributed by atoms with Gasteiger partial charge in [0.05, 0.1) is 11.4 Å². The second-order valence-electron chi connectivity index (χ2n) is 11.1. The maximum Gasteiger partial charge on any atom is 2.00 e. The van der Waals surface area contributed by atoms with Gasteiger partial charge in [0, 0.05) is 35.5 Å². The smallest absolute Gasteiger partial charge is 0.550 e. The molecule has 3 rings (SSSR count). The van der Waals surface area contributed by atoms with Crippen LogP contribution in [0, 0.1) is 0 Å². The molecule has 0 aliphatic heterocycles. The minimum absolute atomic E-state index is 0. The molecule has 0 bridgehead atoms. The first-order valence-corrected chi connectivity index (χ1v) is 12.6. The third-order valence-electron chi connectivity index (χ3n) is 5.32. The van der Waals surface area contributed by atoms with E-state index < -0.39 is 11.9 Å². The fourth-order valence-corrected chi connectivity index (χ4v) is 3.19. The van der Waals surface area contributed by atoms with Gasteiger partial charge < -0.3 is 30.0 Å². The van der Waals surface area contributed by atoms with Crippen LogP contribution < -0.4 is 10.2 Å².